The maximum atomic E-state index is 13.3. The van der Waals surface area contributed by atoms with Crippen molar-refractivity contribution >= 4 is 5.78 Å². The highest BCUT2D eigenvalue weighted by Crippen LogP contribution is 2.40. The molecule has 5 nitrogen and oxygen atoms in total. The Kier molecular flexibility index (Phi) is 13.9. The molecule has 242 valence electrons. The molecule has 0 bridgehead atoms. The molecule has 3 aliphatic rings. The van der Waals surface area contributed by atoms with Crippen molar-refractivity contribution in [2.45, 2.75) is 116 Å². The van der Waals surface area contributed by atoms with Gasteiger partial charge in [0, 0.05) is 11.1 Å². The highest BCUT2D eigenvalue weighted by atomic mass is 16.5. The lowest BCUT2D eigenvalue weighted by molar-refractivity contribution is 0.104. The van der Waals surface area contributed by atoms with Gasteiger partial charge in [0.15, 0.2) is 5.78 Å². The van der Waals surface area contributed by atoms with E-state index < -0.39 is 0 Å². The van der Waals surface area contributed by atoms with Crippen LogP contribution in [0.1, 0.15) is 131 Å². The first-order valence-electron chi connectivity index (χ1n) is 18.3. The van der Waals surface area contributed by atoms with Crippen molar-refractivity contribution in [1.29, 1.82) is 0 Å². The predicted molar refractivity (Wildman–Crippen MR) is 182 cm³/mol. The molecule has 2 aliphatic heterocycles. The molecule has 5 rings (SSSR count). The van der Waals surface area contributed by atoms with Gasteiger partial charge in [-0.15, -0.1) is 0 Å². The number of carbonyl (C=O) groups is 1. The number of unbranched alkanes of at least 4 members (excludes halogenated alkanes) is 10. The average molecular weight is 603 g/mol. The highest BCUT2D eigenvalue weighted by molar-refractivity contribution is 6.22. The molecular formula is C39H58N2O3. The second kappa shape index (κ2) is 18.6. The smallest absolute Gasteiger partial charge is 0.194 e. The van der Waals surface area contributed by atoms with Gasteiger partial charge in [0.25, 0.3) is 0 Å². The topological polar surface area (TPSA) is 42.0 Å². The Balaban J connectivity index is 0.927. The van der Waals surface area contributed by atoms with Gasteiger partial charge >= 0.3 is 0 Å². The summed E-state index contributed by atoms with van der Waals surface area (Å²) in [6.45, 7) is 9.25. The third-order valence-corrected chi connectivity index (χ3v) is 9.93. The number of ether oxygens (including phenoxy) is 2. The second-order valence-electron chi connectivity index (χ2n) is 13.5. The Labute approximate surface area is 267 Å². The molecule has 0 unspecified atom stereocenters. The van der Waals surface area contributed by atoms with Crippen LogP contribution in [-0.2, 0) is 0 Å². The first-order valence-corrected chi connectivity index (χ1v) is 18.3. The van der Waals surface area contributed by atoms with Crippen molar-refractivity contribution < 1.29 is 14.3 Å². The fourth-order valence-corrected chi connectivity index (χ4v) is 7.25. The van der Waals surface area contributed by atoms with Crippen LogP contribution in [0.25, 0.3) is 11.1 Å². The summed E-state index contributed by atoms with van der Waals surface area (Å²) in [6, 6.07) is 12.0. The summed E-state index contributed by atoms with van der Waals surface area (Å²) in [5.41, 5.74) is 3.52. The number of benzene rings is 2. The van der Waals surface area contributed by atoms with E-state index >= 15 is 0 Å². The molecule has 0 amide bonds. The molecule has 2 aromatic carbocycles. The third-order valence-electron chi connectivity index (χ3n) is 9.93. The van der Waals surface area contributed by atoms with Crippen molar-refractivity contribution in [2.75, 3.05) is 52.5 Å². The van der Waals surface area contributed by atoms with E-state index in [-0.39, 0.29) is 5.78 Å². The van der Waals surface area contributed by atoms with E-state index in [1.165, 1.54) is 142 Å². The van der Waals surface area contributed by atoms with Crippen LogP contribution >= 0.6 is 0 Å². The Morgan fingerprint density at radius 2 is 0.841 bits per heavy atom. The molecule has 1 aliphatic carbocycles. The number of ketones is 1. The molecule has 44 heavy (non-hydrogen) atoms. The SMILES string of the molecule is O=C1c2cc(OCCCCCCCCN3CCCCC3)ccc2-c2ccc(OCCCCCCCCN3CCCCC3)cc21. The van der Waals surface area contributed by atoms with E-state index in [9.17, 15) is 4.79 Å². The quantitative estimate of drug-likeness (QED) is 0.121. The molecule has 0 spiro atoms. The summed E-state index contributed by atoms with van der Waals surface area (Å²) >= 11 is 0. The zero-order valence-corrected chi connectivity index (χ0v) is 27.5. The number of nitrogens with zero attached hydrogens (tertiary/aromatic N) is 2. The largest absolute Gasteiger partial charge is 0.494 e. The second-order valence-corrected chi connectivity index (χ2v) is 13.5. The van der Waals surface area contributed by atoms with Crippen LogP contribution in [-0.4, -0.2) is 68.1 Å². The lowest BCUT2D eigenvalue weighted by atomic mass is 10.1. The Bertz CT molecular complexity index is 1050. The molecule has 0 radical (unpaired) electrons. The van der Waals surface area contributed by atoms with Gasteiger partial charge < -0.3 is 19.3 Å². The first kappa shape index (κ1) is 33.0. The minimum Gasteiger partial charge on any atom is -0.494 e. The Morgan fingerprint density at radius 1 is 0.455 bits per heavy atom. The summed E-state index contributed by atoms with van der Waals surface area (Å²) in [6.07, 6.45) is 23.5. The van der Waals surface area contributed by atoms with Gasteiger partial charge in [-0.2, -0.15) is 0 Å². The average Bonchev–Trinajstić information content (AvgIpc) is 3.34. The van der Waals surface area contributed by atoms with Crippen LogP contribution in [0.2, 0.25) is 0 Å². The minimum atomic E-state index is 0.0833. The molecule has 2 aromatic rings. The van der Waals surface area contributed by atoms with Gasteiger partial charge in [0.1, 0.15) is 11.5 Å². The first-order chi connectivity index (χ1) is 21.8. The van der Waals surface area contributed by atoms with E-state index in [1.54, 1.807) is 0 Å². The minimum absolute atomic E-state index is 0.0833. The summed E-state index contributed by atoms with van der Waals surface area (Å²) in [5.74, 6) is 1.68. The fraction of sp³-hybridized carbons (Fsp3) is 0.667. The third kappa shape index (κ3) is 10.3. The summed E-state index contributed by atoms with van der Waals surface area (Å²) < 4.78 is 12.1. The number of fused-ring (bicyclic) bond motifs is 3. The van der Waals surface area contributed by atoms with E-state index in [1.807, 2.05) is 36.4 Å². The van der Waals surface area contributed by atoms with E-state index in [0.717, 1.165) is 46.6 Å². The van der Waals surface area contributed by atoms with Crippen LogP contribution in [0.5, 0.6) is 11.5 Å². The molecule has 0 N–H and O–H groups in total. The molecular weight excluding hydrogens is 544 g/mol. The molecule has 2 saturated heterocycles. The number of rotatable bonds is 20. The number of hydrogen-bond acceptors (Lipinski definition) is 5. The monoisotopic (exact) mass is 602 g/mol. The normalized spacial score (nSPS) is 17.0. The number of hydrogen-bond donors (Lipinski definition) is 0. The fourth-order valence-electron chi connectivity index (χ4n) is 7.25. The van der Waals surface area contributed by atoms with Crippen molar-refractivity contribution in [2.24, 2.45) is 0 Å². The maximum Gasteiger partial charge on any atom is 0.194 e. The van der Waals surface area contributed by atoms with Gasteiger partial charge in [-0.05, 0) is 138 Å². The number of carbonyl (C=O) groups excluding carboxylic acids is 1. The molecule has 2 fully saturated rings. The zero-order chi connectivity index (χ0) is 30.2. The molecule has 0 saturated carbocycles. The Hall–Kier alpha value is -2.37. The molecule has 0 atom stereocenters. The van der Waals surface area contributed by atoms with E-state index in [4.69, 9.17) is 9.47 Å². The van der Waals surface area contributed by atoms with E-state index in [0.29, 0.717) is 13.2 Å². The van der Waals surface area contributed by atoms with Crippen molar-refractivity contribution in [1.82, 2.24) is 9.80 Å². The highest BCUT2D eigenvalue weighted by Gasteiger charge is 2.27. The number of likely N-dealkylation sites (tertiary alicyclic amines) is 2. The molecule has 2 heterocycles. The number of piperidine rings is 2. The molecule has 5 heteroatoms. The Morgan fingerprint density at radius 3 is 1.27 bits per heavy atom. The van der Waals surface area contributed by atoms with Crippen LogP contribution in [0.3, 0.4) is 0 Å². The van der Waals surface area contributed by atoms with Crippen LogP contribution < -0.4 is 9.47 Å². The lowest BCUT2D eigenvalue weighted by Crippen LogP contribution is -2.30. The predicted octanol–water partition coefficient (Wildman–Crippen LogP) is 9.31. The van der Waals surface area contributed by atoms with Crippen LogP contribution in [0.15, 0.2) is 36.4 Å². The van der Waals surface area contributed by atoms with Crippen molar-refractivity contribution in [3.63, 3.8) is 0 Å². The summed E-state index contributed by atoms with van der Waals surface area (Å²) in [5, 5.41) is 0. The van der Waals surface area contributed by atoms with Crippen LogP contribution in [0, 0.1) is 0 Å². The summed E-state index contributed by atoms with van der Waals surface area (Å²) in [7, 11) is 0. The van der Waals surface area contributed by atoms with Gasteiger partial charge in [-0.1, -0.05) is 64.2 Å². The lowest BCUT2D eigenvalue weighted by Gasteiger charge is -2.26. The van der Waals surface area contributed by atoms with Gasteiger partial charge in [0.2, 0.25) is 0 Å². The van der Waals surface area contributed by atoms with E-state index in [2.05, 4.69) is 9.80 Å². The van der Waals surface area contributed by atoms with Crippen molar-refractivity contribution in [3.05, 3.63) is 47.5 Å². The molecule has 0 aromatic heterocycles. The van der Waals surface area contributed by atoms with Gasteiger partial charge in [-0.25, -0.2) is 0 Å². The standard InChI is InChI=1S/C39H58N2O3/c42-39-37-31-33(43-29-17-7-3-1-5-11-23-40-25-13-9-14-26-40)19-21-35(37)36-22-20-34(32-38(36)39)44-30-18-8-4-2-6-12-24-41-27-15-10-16-28-41/h19-22,31-32H,1-18,23-30H2. The maximum absolute atomic E-state index is 13.3. The van der Waals surface area contributed by atoms with Crippen molar-refractivity contribution in [3.8, 4) is 22.6 Å². The van der Waals surface area contributed by atoms with Crippen LogP contribution in [0.4, 0.5) is 0 Å². The summed E-state index contributed by atoms with van der Waals surface area (Å²) in [4.78, 5) is 18.6. The van der Waals surface area contributed by atoms with Gasteiger partial charge in [0.05, 0.1) is 13.2 Å². The zero-order valence-electron chi connectivity index (χ0n) is 27.5. The van der Waals surface area contributed by atoms with Gasteiger partial charge in [-0.3, -0.25) is 4.79 Å².